The van der Waals surface area contributed by atoms with E-state index in [2.05, 4.69) is 10.6 Å². The highest BCUT2D eigenvalue weighted by molar-refractivity contribution is 6.33. The average Bonchev–Trinajstić information content (AvgIpc) is 2.90. The second-order valence-corrected chi connectivity index (χ2v) is 5.81. The molecular weight excluding hydrogens is 325 g/mol. The van der Waals surface area contributed by atoms with E-state index in [1.54, 1.807) is 18.2 Å². The highest BCUT2D eigenvalue weighted by Gasteiger charge is 2.31. The van der Waals surface area contributed by atoms with Crippen LogP contribution >= 0.6 is 24.0 Å². The van der Waals surface area contributed by atoms with Gasteiger partial charge in [-0.1, -0.05) is 18.0 Å². The third-order valence-corrected chi connectivity index (χ3v) is 4.17. The number of halogens is 2. The van der Waals surface area contributed by atoms with Crippen molar-refractivity contribution in [2.24, 2.45) is 17.6 Å². The maximum absolute atomic E-state index is 12.3. The number of rotatable bonds is 4. The molecule has 0 bridgehead atoms. The summed E-state index contributed by atoms with van der Waals surface area (Å²) in [5, 5.41) is 5.95. The number of carbonyl (C=O) groups excluding carboxylic acids is 2. The van der Waals surface area contributed by atoms with Gasteiger partial charge in [0.2, 0.25) is 11.8 Å². The number of amides is 2. The quantitative estimate of drug-likeness (QED) is 0.783. The Morgan fingerprint density at radius 2 is 2.05 bits per heavy atom. The number of hydrogen-bond acceptors (Lipinski definition) is 3. The minimum atomic E-state index is -0.209. The van der Waals surface area contributed by atoms with Gasteiger partial charge in [-0.3, -0.25) is 9.59 Å². The molecule has 0 aliphatic heterocycles. The van der Waals surface area contributed by atoms with Crippen LogP contribution in [0.5, 0.6) is 0 Å². The molecule has 2 atom stereocenters. The lowest BCUT2D eigenvalue weighted by molar-refractivity contribution is -0.120. The van der Waals surface area contributed by atoms with E-state index < -0.39 is 0 Å². The molecule has 122 valence electrons. The van der Waals surface area contributed by atoms with Gasteiger partial charge in [-0.2, -0.15) is 0 Å². The Kier molecular flexibility index (Phi) is 7.13. The Morgan fingerprint density at radius 1 is 1.32 bits per heavy atom. The van der Waals surface area contributed by atoms with Crippen molar-refractivity contribution in [3.05, 3.63) is 23.2 Å². The van der Waals surface area contributed by atoms with Crippen LogP contribution in [0.15, 0.2) is 18.2 Å². The molecule has 0 radical (unpaired) electrons. The van der Waals surface area contributed by atoms with Gasteiger partial charge in [0.05, 0.1) is 10.7 Å². The van der Waals surface area contributed by atoms with Crippen LogP contribution in [0.25, 0.3) is 0 Å². The van der Waals surface area contributed by atoms with Gasteiger partial charge in [0, 0.05) is 18.5 Å². The highest BCUT2D eigenvalue weighted by Crippen LogP contribution is 2.32. The zero-order chi connectivity index (χ0) is 15.4. The lowest BCUT2D eigenvalue weighted by atomic mass is 9.95. The summed E-state index contributed by atoms with van der Waals surface area (Å²) in [6, 6.07) is 5.03. The summed E-state index contributed by atoms with van der Waals surface area (Å²) < 4.78 is 0. The zero-order valence-electron chi connectivity index (χ0n) is 12.4. The molecule has 5 nitrogen and oxygen atoms in total. The molecule has 4 N–H and O–H groups in total. The van der Waals surface area contributed by atoms with Gasteiger partial charge < -0.3 is 16.4 Å². The van der Waals surface area contributed by atoms with Crippen LogP contribution in [0.2, 0.25) is 5.02 Å². The van der Waals surface area contributed by atoms with Gasteiger partial charge in [0.15, 0.2) is 0 Å². The van der Waals surface area contributed by atoms with Crippen molar-refractivity contribution in [1.82, 2.24) is 0 Å². The molecule has 0 saturated heterocycles. The Labute approximate surface area is 141 Å². The molecule has 22 heavy (non-hydrogen) atoms. The van der Waals surface area contributed by atoms with Crippen molar-refractivity contribution in [1.29, 1.82) is 0 Å². The van der Waals surface area contributed by atoms with Crippen molar-refractivity contribution in [3.63, 3.8) is 0 Å². The summed E-state index contributed by atoms with van der Waals surface area (Å²) in [7, 11) is 0. The molecule has 1 aliphatic carbocycles. The molecule has 1 aromatic rings. The smallest absolute Gasteiger partial charge is 0.227 e. The lowest BCUT2D eigenvalue weighted by Crippen LogP contribution is -2.29. The maximum atomic E-state index is 12.3. The maximum Gasteiger partial charge on any atom is 0.227 e. The van der Waals surface area contributed by atoms with Gasteiger partial charge in [0.1, 0.15) is 0 Å². The number of benzene rings is 1. The van der Waals surface area contributed by atoms with Crippen molar-refractivity contribution in [2.75, 3.05) is 17.2 Å². The van der Waals surface area contributed by atoms with Crippen molar-refractivity contribution in [3.8, 4) is 0 Å². The third kappa shape index (κ3) is 4.60. The second-order valence-electron chi connectivity index (χ2n) is 5.40. The van der Waals surface area contributed by atoms with E-state index in [1.807, 2.05) is 0 Å². The second kappa shape index (κ2) is 8.36. The molecular formula is C15H21Cl2N3O2. The fraction of sp³-hybridized carbons (Fsp3) is 0.467. The molecule has 1 aromatic carbocycles. The predicted molar refractivity (Wildman–Crippen MR) is 91.5 cm³/mol. The predicted octanol–water partition coefficient (Wildman–Crippen LogP) is 3.03. The molecule has 1 fully saturated rings. The minimum Gasteiger partial charge on any atom is -0.330 e. The van der Waals surface area contributed by atoms with E-state index in [1.165, 1.54) is 6.92 Å². The van der Waals surface area contributed by atoms with Crippen molar-refractivity contribution in [2.45, 2.75) is 26.2 Å². The highest BCUT2D eigenvalue weighted by atomic mass is 35.5. The average molecular weight is 346 g/mol. The fourth-order valence-corrected chi connectivity index (χ4v) is 2.95. The largest absolute Gasteiger partial charge is 0.330 e. The van der Waals surface area contributed by atoms with Gasteiger partial charge in [-0.25, -0.2) is 0 Å². The normalized spacial score (nSPS) is 20.1. The van der Waals surface area contributed by atoms with Gasteiger partial charge in [-0.15, -0.1) is 12.4 Å². The molecule has 0 spiro atoms. The standard InChI is InChI=1S/C15H20ClN3O2.ClH/c1-9(20)18-14-7-11(5-6-13(14)16)19-15(21)12-4-2-3-10(12)8-17;/h5-7,10,12H,2-4,8,17H2,1H3,(H,18,20)(H,19,21);1H/t10-,12-;/m1./s1. The summed E-state index contributed by atoms with van der Waals surface area (Å²) >= 11 is 6.01. The van der Waals surface area contributed by atoms with Crippen molar-refractivity contribution < 1.29 is 9.59 Å². The Balaban J connectivity index is 0.00000242. The molecule has 0 heterocycles. The first-order chi connectivity index (χ1) is 10.0. The monoisotopic (exact) mass is 345 g/mol. The van der Waals surface area contributed by atoms with Crippen LogP contribution in [0, 0.1) is 11.8 Å². The third-order valence-electron chi connectivity index (χ3n) is 3.84. The summed E-state index contributed by atoms with van der Waals surface area (Å²) in [5.74, 6) is 0.000391. The molecule has 2 amide bonds. The van der Waals surface area contributed by atoms with E-state index in [0.717, 1.165) is 19.3 Å². The molecule has 0 aromatic heterocycles. The minimum absolute atomic E-state index is 0. The van der Waals surface area contributed by atoms with E-state index in [0.29, 0.717) is 22.9 Å². The molecule has 1 saturated carbocycles. The van der Waals surface area contributed by atoms with E-state index in [4.69, 9.17) is 17.3 Å². The van der Waals surface area contributed by atoms with Crippen LogP contribution in [-0.4, -0.2) is 18.4 Å². The Morgan fingerprint density at radius 3 is 2.68 bits per heavy atom. The molecule has 1 aliphatic rings. The number of nitrogens with one attached hydrogen (secondary N) is 2. The molecule has 0 unspecified atom stereocenters. The fourth-order valence-electron chi connectivity index (χ4n) is 2.79. The Bertz CT molecular complexity index is 552. The van der Waals surface area contributed by atoms with Crippen LogP contribution in [0.3, 0.4) is 0 Å². The molecule has 7 heteroatoms. The number of anilines is 2. The number of hydrogen-bond donors (Lipinski definition) is 3. The van der Waals surface area contributed by atoms with Gasteiger partial charge in [-0.05, 0) is 43.5 Å². The topological polar surface area (TPSA) is 84.2 Å². The lowest BCUT2D eigenvalue weighted by Gasteiger charge is -2.18. The van der Waals surface area contributed by atoms with E-state index in [-0.39, 0.29) is 36.1 Å². The SMILES string of the molecule is CC(=O)Nc1cc(NC(=O)[C@@H]2CCC[C@@H]2CN)ccc1Cl.Cl. The van der Waals surface area contributed by atoms with Crippen LogP contribution in [0.1, 0.15) is 26.2 Å². The number of carbonyl (C=O) groups is 2. The number of nitrogens with two attached hydrogens (primary N) is 1. The summed E-state index contributed by atoms with van der Waals surface area (Å²) in [5.41, 5.74) is 6.82. The zero-order valence-corrected chi connectivity index (χ0v) is 14.0. The summed E-state index contributed by atoms with van der Waals surface area (Å²) in [6.07, 6.45) is 2.92. The van der Waals surface area contributed by atoms with Gasteiger partial charge >= 0.3 is 0 Å². The first-order valence-corrected chi connectivity index (χ1v) is 7.47. The van der Waals surface area contributed by atoms with E-state index in [9.17, 15) is 9.59 Å². The summed E-state index contributed by atoms with van der Waals surface area (Å²) in [4.78, 5) is 23.4. The first-order valence-electron chi connectivity index (χ1n) is 7.09. The molecule has 2 rings (SSSR count). The first kappa shape index (κ1) is 18.7. The van der Waals surface area contributed by atoms with Crippen molar-refractivity contribution >= 4 is 47.2 Å². The van der Waals surface area contributed by atoms with Gasteiger partial charge in [0.25, 0.3) is 0 Å². The Hall–Kier alpha value is -1.30. The van der Waals surface area contributed by atoms with Crippen LogP contribution < -0.4 is 16.4 Å². The van der Waals surface area contributed by atoms with E-state index >= 15 is 0 Å². The summed E-state index contributed by atoms with van der Waals surface area (Å²) in [6.45, 7) is 1.95. The van der Waals surface area contributed by atoms with Crippen LogP contribution in [-0.2, 0) is 9.59 Å². The van der Waals surface area contributed by atoms with Crippen LogP contribution in [0.4, 0.5) is 11.4 Å².